The monoisotopic (exact) mass is 342 g/mol. The fraction of sp³-hybridized carbons (Fsp3) is 0.500. The Morgan fingerprint density at radius 2 is 2.00 bits per heavy atom. The molecule has 0 bridgehead atoms. The summed E-state index contributed by atoms with van der Waals surface area (Å²) in [7, 11) is 0. The van der Waals surface area contributed by atoms with Crippen LogP contribution in [-0.2, 0) is 4.79 Å². The summed E-state index contributed by atoms with van der Waals surface area (Å²) in [5.74, 6) is 2.38. The number of rotatable bonds is 4. The van der Waals surface area contributed by atoms with Crippen molar-refractivity contribution in [3.8, 4) is 0 Å². The summed E-state index contributed by atoms with van der Waals surface area (Å²) in [6, 6.07) is 8.12. The zero-order chi connectivity index (χ0) is 13.7. The molecule has 2 rings (SSSR count). The first-order valence-corrected chi connectivity index (χ1v) is 8.45. The van der Waals surface area contributed by atoms with Crippen LogP contribution in [0.2, 0.25) is 0 Å². The number of halogens is 1. The summed E-state index contributed by atoms with van der Waals surface area (Å²) >= 11 is 5.38. The van der Waals surface area contributed by atoms with Gasteiger partial charge in [0.15, 0.2) is 0 Å². The Hall–Kier alpha value is -0.520. The molecule has 1 N–H and O–H groups in total. The zero-order valence-corrected chi connectivity index (χ0v) is 13.5. The minimum atomic E-state index is 0.0553. The summed E-state index contributed by atoms with van der Waals surface area (Å²) < 4.78 is 1.06. The molecule has 1 aliphatic heterocycles. The highest BCUT2D eigenvalue weighted by molar-refractivity contribution is 9.10. The third-order valence-electron chi connectivity index (χ3n) is 3.22. The van der Waals surface area contributed by atoms with Gasteiger partial charge >= 0.3 is 0 Å². The topological polar surface area (TPSA) is 32.3 Å². The third kappa shape index (κ3) is 4.82. The number of carbonyl (C=O) groups is 1. The van der Waals surface area contributed by atoms with E-state index < -0.39 is 0 Å². The number of hydrogen-bond donors (Lipinski definition) is 1. The van der Waals surface area contributed by atoms with Gasteiger partial charge in [-0.1, -0.05) is 28.1 Å². The maximum atomic E-state index is 12.0. The van der Waals surface area contributed by atoms with E-state index in [2.05, 4.69) is 26.1 Å². The Balaban J connectivity index is 1.82. The van der Waals surface area contributed by atoms with E-state index in [1.54, 1.807) is 0 Å². The van der Waals surface area contributed by atoms with Crippen molar-refractivity contribution in [2.45, 2.75) is 13.0 Å². The molecule has 1 amide bonds. The summed E-state index contributed by atoms with van der Waals surface area (Å²) in [5.41, 5.74) is 1.13. The number of nitrogens with zero attached hydrogens (tertiary/aromatic N) is 1. The summed E-state index contributed by atoms with van der Waals surface area (Å²) in [4.78, 5) is 14.2. The number of benzene rings is 1. The molecule has 1 heterocycles. The molecule has 104 valence electrons. The molecule has 1 aromatic rings. The van der Waals surface area contributed by atoms with Crippen LogP contribution in [0.3, 0.4) is 0 Å². The van der Waals surface area contributed by atoms with Crippen LogP contribution in [0.1, 0.15) is 18.5 Å². The van der Waals surface area contributed by atoms with Gasteiger partial charge in [-0.25, -0.2) is 0 Å². The lowest BCUT2D eigenvalue weighted by Crippen LogP contribution is -2.41. The van der Waals surface area contributed by atoms with Gasteiger partial charge in [-0.15, -0.1) is 0 Å². The van der Waals surface area contributed by atoms with Crippen molar-refractivity contribution in [1.29, 1.82) is 0 Å². The molecule has 0 radical (unpaired) electrons. The van der Waals surface area contributed by atoms with Crippen LogP contribution in [0, 0.1) is 0 Å². The van der Waals surface area contributed by atoms with Gasteiger partial charge in [0.05, 0.1) is 12.6 Å². The lowest BCUT2D eigenvalue weighted by molar-refractivity contribution is -0.122. The van der Waals surface area contributed by atoms with E-state index in [1.165, 1.54) is 0 Å². The Labute approximate surface area is 127 Å². The predicted octanol–water partition coefficient (Wildman–Crippen LogP) is 2.68. The van der Waals surface area contributed by atoms with Crippen molar-refractivity contribution >= 4 is 33.6 Å². The molecule has 1 saturated heterocycles. The first-order valence-electron chi connectivity index (χ1n) is 6.50. The van der Waals surface area contributed by atoms with E-state index >= 15 is 0 Å². The van der Waals surface area contributed by atoms with Gasteiger partial charge in [0, 0.05) is 29.1 Å². The van der Waals surface area contributed by atoms with Crippen LogP contribution in [0.25, 0.3) is 0 Å². The average molecular weight is 343 g/mol. The quantitative estimate of drug-likeness (QED) is 0.912. The van der Waals surface area contributed by atoms with Crippen molar-refractivity contribution in [2.75, 3.05) is 31.1 Å². The van der Waals surface area contributed by atoms with Crippen LogP contribution in [0.5, 0.6) is 0 Å². The van der Waals surface area contributed by atoms with Crippen LogP contribution >= 0.6 is 27.7 Å². The van der Waals surface area contributed by atoms with Gasteiger partial charge in [0.1, 0.15) is 0 Å². The van der Waals surface area contributed by atoms with E-state index in [-0.39, 0.29) is 11.9 Å². The Kier molecular flexibility index (Phi) is 5.73. The van der Waals surface area contributed by atoms with Crippen LogP contribution in [-0.4, -0.2) is 41.9 Å². The molecule has 0 aliphatic carbocycles. The number of hydrogen-bond acceptors (Lipinski definition) is 3. The highest BCUT2D eigenvalue weighted by Gasteiger charge is 2.15. The Morgan fingerprint density at radius 1 is 1.37 bits per heavy atom. The fourth-order valence-electron chi connectivity index (χ4n) is 2.08. The minimum absolute atomic E-state index is 0.0553. The molecule has 0 spiro atoms. The lowest BCUT2D eigenvalue weighted by atomic mass is 10.1. The van der Waals surface area contributed by atoms with Crippen molar-refractivity contribution in [1.82, 2.24) is 10.2 Å². The van der Waals surface area contributed by atoms with Gasteiger partial charge in [-0.2, -0.15) is 11.8 Å². The molecule has 19 heavy (non-hydrogen) atoms. The lowest BCUT2D eigenvalue weighted by Gasteiger charge is -2.26. The highest BCUT2D eigenvalue weighted by atomic mass is 79.9. The Bertz CT molecular complexity index is 418. The molecule has 5 heteroatoms. The molecule has 3 nitrogen and oxygen atoms in total. The molecule has 0 saturated carbocycles. The maximum absolute atomic E-state index is 12.0. The van der Waals surface area contributed by atoms with Gasteiger partial charge in [0.2, 0.25) is 5.91 Å². The second-order valence-corrected chi connectivity index (χ2v) is 6.87. The molecule has 0 aromatic heterocycles. The number of amides is 1. The number of nitrogens with one attached hydrogen (secondary N) is 1. The second-order valence-electron chi connectivity index (χ2n) is 4.73. The molecule has 1 unspecified atom stereocenters. The number of thioether (sulfide) groups is 1. The van der Waals surface area contributed by atoms with Crippen LogP contribution < -0.4 is 5.32 Å². The minimum Gasteiger partial charge on any atom is -0.348 e. The van der Waals surface area contributed by atoms with Gasteiger partial charge in [-0.05, 0) is 24.6 Å². The maximum Gasteiger partial charge on any atom is 0.234 e. The van der Waals surface area contributed by atoms with Crippen molar-refractivity contribution in [3.05, 3.63) is 34.3 Å². The summed E-state index contributed by atoms with van der Waals surface area (Å²) in [5, 5.41) is 3.06. The first kappa shape index (κ1) is 14.9. The molecule has 1 aliphatic rings. The molecular formula is C14H19BrN2OS. The largest absolute Gasteiger partial charge is 0.348 e. The van der Waals surface area contributed by atoms with Gasteiger partial charge < -0.3 is 5.32 Å². The smallest absolute Gasteiger partial charge is 0.234 e. The first-order chi connectivity index (χ1) is 9.15. The van der Waals surface area contributed by atoms with E-state index in [9.17, 15) is 4.79 Å². The fourth-order valence-corrected chi connectivity index (χ4v) is 3.33. The summed E-state index contributed by atoms with van der Waals surface area (Å²) in [6.45, 7) is 4.57. The normalized spacial score (nSPS) is 18.0. The highest BCUT2D eigenvalue weighted by Crippen LogP contribution is 2.16. The number of carbonyl (C=O) groups excluding carboxylic acids is 1. The molecular weight excluding hydrogens is 324 g/mol. The second kappa shape index (κ2) is 7.31. The molecule has 1 atom stereocenters. The van der Waals surface area contributed by atoms with Crippen molar-refractivity contribution in [2.24, 2.45) is 0 Å². The van der Waals surface area contributed by atoms with Crippen molar-refractivity contribution < 1.29 is 4.79 Å². The SMILES string of the molecule is CC(NC(=O)CN1CCSCC1)c1ccc(Br)cc1. The third-order valence-corrected chi connectivity index (χ3v) is 4.69. The van der Waals surface area contributed by atoms with E-state index in [0.717, 1.165) is 34.6 Å². The zero-order valence-electron chi connectivity index (χ0n) is 11.1. The standard InChI is InChI=1S/C14H19BrN2OS/c1-11(12-2-4-13(15)5-3-12)16-14(18)10-17-6-8-19-9-7-17/h2-5,11H,6-10H2,1H3,(H,16,18). The molecule has 1 fully saturated rings. The predicted molar refractivity (Wildman–Crippen MR) is 84.5 cm³/mol. The average Bonchev–Trinajstić information content (AvgIpc) is 2.40. The van der Waals surface area contributed by atoms with Crippen LogP contribution in [0.15, 0.2) is 28.7 Å². The summed E-state index contributed by atoms with van der Waals surface area (Å²) in [6.07, 6.45) is 0. The van der Waals surface area contributed by atoms with Gasteiger partial charge in [0.25, 0.3) is 0 Å². The molecule has 1 aromatic carbocycles. The van der Waals surface area contributed by atoms with E-state index in [4.69, 9.17) is 0 Å². The van der Waals surface area contributed by atoms with E-state index in [0.29, 0.717) is 6.54 Å². The van der Waals surface area contributed by atoms with E-state index in [1.807, 2.05) is 43.0 Å². The van der Waals surface area contributed by atoms with Crippen molar-refractivity contribution in [3.63, 3.8) is 0 Å². The van der Waals surface area contributed by atoms with Crippen LogP contribution in [0.4, 0.5) is 0 Å². The van der Waals surface area contributed by atoms with Gasteiger partial charge in [-0.3, -0.25) is 9.69 Å². The Morgan fingerprint density at radius 3 is 2.63 bits per heavy atom.